The molecule has 0 spiro atoms. The Kier molecular flexibility index (Phi) is 3.62. The molecule has 2 aliphatic rings. The summed E-state index contributed by atoms with van der Waals surface area (Å²) in [5, 5.41) is 5.46. The maximum Gasteiger partial charge on any atom is 0.396 e. The average Bonchev–Trinajstić information content (AvgIpc) is 3.01. The van der Waals surface area contributed by atoms with Crippen LogP contribution in [-0.4, -0.2) is 41.7 Å². The minimum atomic E-state index is -4.25. The van der Waals surface area contributed by atoms with Gasteiger partial charge < -0.3 is 10.6 Å². The lowest BCUT2D eigenvalue weighted by molar-refractivity contribution is -0.190. The monoisotopic (exact) mass is 328 g/mol. The number of amides is 1. The maximum atomic E-state index is 13.3. The standard InChI is InChI=1S/C15H19F3N4O/c1-9(2)11-10(3-19-8-22-11)12(23)21-6-13-4-14(13,7-20-5-13)15(16,17)18/h3,8-9,20H,4-7H2,1-2H3,(H,21,23)/t13-,14-/m1/s1. The van der Waals surface area contributed by atoms with Gasteiger partial charge in [-0.25, -0.2) is 9.97 Å². The van der Waals surface area contributed by atoms with Crippen LogP contribution in [0.2, 0.25) is 0 Å². The zero-order valence-corrected chi connectivity index (χ0v) is 13.0. The molecule has 1 saturated carbocycles. The van der Waals surface area contributed by atoms with Gasteiger partial charge in [0, 0.05) is 31.2 Å². The Hall–Kier alpha value is -1.70. The molecule has 0 aromatic carbocycles. The largest absolute Gasteiger partial charge is 0.396 e. The molecular formula is C15H19F3N4O. The lowest BCUT2D eigenvalue weighted by Crippen LogP contribution is -2.38. The SMILES string of the molecule is CC(C)c1ncncc1C(=O)NC[C@@]12CNC[C@]1(C(F)(F)F)C2. The van der Waals surface area contributed by atoms with Gasteiger partial charge in [-0.1, -0.05) is 13.8 Å². The van der Waals surface area contributed by atoms with Gasteiger partial charge in [0.2, 0.25) is 0 Å². The van der Waals surface area contributed by atoms with Crippen LogP contribution in [0.15, 0.2) is 12.5 Å². The summed E-state index contributed by atoms with van der Waals surface area (Å²) in [6.45, 7) is 4.00. The number of nitrogens with zero attached hydrogens (tertiary/aromatic N) is 2. The lowest BCUT2D eigenvalue weighted by atomic mass is 9.95. The summed E-state index contributed by atoms with van der Waals surface area (Å²) in [4.78, 5) is 20.3. The van der Waals surface area contributed by atoms with Crippen LogP contribution in [0, 0.1) is 10.8 Å². The summed E-state index contributed by atoms with van der Waals surface area (Å²) in [6, 6.07) is 0. The van der Waals surface area contributed by atoms with Crippen molar-refractivity contribution in [2.24, 2.45) is 10.8 Å². The van der Waals surface area contributed by atoms with Crippen molar-refractivity contribution in [2.45, 2.75) is 32.4 Å². The van der Waals surface area contributed by atoms with E-state index in [0.717, 1.165) is 0 Å². The molecule has 8 heteroatoms. The van der Waals surface area contributed by atoms with Crippen molar-refractivity contribution in [2.75, 3.05) is 19.6 Å². The van der Waals surface area contributed by atoms with Crippen molar-refractivity contribution < 1.29 is 18.0 Å². The van der Waals surface area contributed by atoms with Crippen LogP contribution < -0.4 is 10.6 Å². The van der Waals surface area contributed by atoms with E-state index in [9.17, 15) is 18.0 Å². The number of carbonyl (C=O) groups excluding carboxylic acids is 1. The molecule has 1 aliphatic heterocycles. The Labute approximate surface area is 132 Å². The Morgan fingerprint density at radius 3 is 2.78 bits per heavy atom. The van der Waals surface area contributed by atoms with Gasteiger partial charge in [-0.15, -0.1) is 0 Å². The average molecular weight is 328 g/mol. The first-order valence-corrected chi connectivity index (χ1v) is 7.58. The van der Waals surface area contributed by atoms with Gasteiger partial charge >= 0.3 is 6.18 Å². The zero-order chi connectivity index (χ0) is 16.9. The number of alkyl halides is 3. The first-order chi connectivity index (χ1) is 10.7. The fourth-order valence-corrected chi connectivity index (χ4v) is 3.64. The van der Waals surface area contributed by atoms with E-state index in [4.69, 9.17) is 0 Å². The number of hydrogen-bond acceptors (Lipinski definition) is 4. The highest BCUT2D eigenvalue weighted by atomic mass is 19.4. The third-order valence-corrected chi connectivity index (χ3v) is 5.09. The van der Waals surface area contributed by atoms with E-state index in [1.54, 1.807) is 0 Å². The fraction of sp³-hybridized carbons (Fsp3) is 0.667. The van der Waals surface area contributed by atoms with E-state index < -0.39 is 22.9 Å². The van der Waals surface area contributed by atoms with Gasteiger partial charge in [0.1, 0.15) is 6.33 Å². The quantitative estimate of drug-likeness (QED) is 0.885. The van der Waals surface area contributed by atoms with Crippen molar-refractivity contribution in [1.29, 1.82) is 0 Å². The first-order valence-electron chi connectivity index (χ1n) is 7.58. The number of aromatic nitrogens is 2. The molecule has 1 saturated heterocycles. The summed E-state index contributed by atoms with van der Waals surface area (Å²) in [5.41, 5.74) is -1.70. The first kappa shape index (κ1) is 16.2. The van der Waals surface area contributed by atoms with Crippen LogP contribution in [0.25, 0.3) is 0 Å². The van der Waals surface area contributed by atoms with Crippen LogP contribution >= 0.6 is 0 Å². The van der Waals surface area contributed by atoms with Crippen molar-refractivity contribution in [3.8, 4) is 0 Å². The third-order valence-electron chi connectivity index (χ3n) is 5.09. The molecular weight excluding hydrogens is 309 g/mol. The predicted octanol–water partition coefficient (Wildman–Crippen LogP) is 1.87. The van der Waals surface area contributed by atoms with Crippen LogP contribution in [0.3, 0.4) is 0 Å². The number of rotatable bonds is 4. The Balaban J connectivity index is 1.72. The minimum absolute atomic E-state index is 0.00473. The van der Waals surface area contributed by atoms with Gasteiger partial charge in [-0.05, 0) is 12.3 Å². The summed E-state index contributed by atoms with van der Waals surface area (Å²) in [7, 11) is 0. The van der Waals surface area contributed by atoms with Crippen molar-refractivity contribution >= 4 is 5.91 Å². The molecule has 1 aliphatic carbocycles. The van der Waals surface area contributed by atoms with Crippen LogP contribution in [0.1, 0.15) is 42.2 Å². The zero-order valence-electron chi connectivity index (χ0n) is 13.0. The topological polar surface area (TPSA) is 66.9 Å². The number of halogens is 3. The molecule has 5 nitrogen and oxygen atoms in total. The molecule has 0 unspecified atom stereocenters. The highest BCUT2D eigenvalue weighted by Gasteiger charge is 2.81. The van der Waals surface area contributed by atoms with Crippen molar-refractivity contribution in [1.82, 2.24) is 20.6 Å². The van der Waals surface area contributed by atoms with E-state index in [0.29, 0.717) is 11.3 Å². The second kappa shape index (κ2) is 5.15. The van der Waals surface area contributed by atoms with Gasteiger partial charge in [0.15, 0.2) is 0 Å². The van der Waals surface area contributed by atoms with Crippen LogP contribution in [-0.2, 0) is 0 Å². The molecule has 23 heavy (non-hydrogen) atoms. The van der Waals surface area contributed by atoms with Gasteiger partial charge in [-0.2, -0.15) is 13.2 Å². The highest BCUT2D eigenvalue weighted by molar-refractivity contribution is 5.95. The van der Waals surface area contributed by atoms with Gasteiger partial charge in [0.25, 0.3) is 5.91 Å². The van der Waals surface area contributed by atoms with Crippen LogP contribution in [0.5, 0.6) is 0 Å². The molecule has 0 bridgehead atoms. The van der Waals surface area contributed by atoms with Gasteiger partial charge in [-0.3, -0.25) is 4.79 Å². The Morgan fingerprint density at radius 1 is 1.43 bits per heavy atom. The van der Waals surface area contributed by atoms with E-state index in [1.165, 1.54) is 12.5 Å². The summed E-state index contributed by atoms with van der Waals surface area (Å²) in [5.74, 6) is -0.390. The number of hydrogen-bond donors (Lipinski definition) is 2. The summed E-state index contributed by atoms with van der Waals surface area (Å²) in [6.07, 6.45) is -1.41. The number of piperidine rings is 1. The molecule has 1 amide bonds. The number of carbonyl (C=O) groups is 1. The summed E-state index contributed by atoms with van der Waals surface area (Å²) >= 11 is 0. The van der Waals surface area contributed by atoms with Crippen molar-refractivity contribution in [3.05, 3.63) is 23.8 Å². The van der Waals surface area contributed by atoms with Gasteiger partial charge in [0.05, 0.1) is 16.7 Å². The van der Waals surface area contributed by atoms with Crippen LogP contribution in [0.4, 0.5) is 13.2 Å². The molecule has 2 heterocycles. The van der Waals surface area contributed by atoms with E-state index >= 15 is 0 Å². The minimum Gasteiger partial charge on any atom is -0.351 e. The van der Waals surface area contributed by atoms with E-state index in [-0.39, 0.29) is 32.0 Å². The number of fused-ring (bicyclic) bond motifs is 1. The second-order valence-corrected chi connectivity index (χ2v) is 6.80. The summed E-state index contributed by atoms with van der Waals surface area (Å²) < 4.78 is 39.8. The maximum absolute atomic E-state index is 13.3. The lowest BCUT2D eigenvalue weighted by Gasteiger charge is -2.21. The Bertz CT molecular complexity index is 633. The molecule has 2 fully saturated rings. The molecule has 3 rings (SSSR count). The van der Waals surface area contributed by atoms with E-state index in [1.807, 2.05) is 13.8 Å². The normalized spacial score (nSPS) is 29.5. The second-order valence-electron chi connectivity index (χ2n) is 6.80. The Morgan fingerprint density at radius 2 is 2.17 bits per heavy atom. The van der Waals surface area contributed by atoms with Crippen molar-refractivity contribution in [3.63, 3.8) is 0 Å². The smallest absolute Gasteiger partial charge is 0.351 e. The molecule has 1 aromatic heterocycles. The molecule has 126 valence electrons. The predicted molar refractivity (Wildman–Crippen MR) is 76.9 cm³/mol. The highest BCUT2D eigenvalue weighted by Crippen LogP contribution is 2.72. The number of nitrogens with one attached hydrogen (secondary N) is 2. The molecule has 1 aromatic rings. The van der Waals surface area contributed by atoms with E-state index in [2.05, 4.69) is 20.6 Å². The molecule has 2 N–H and O–H groups in total. The molecule has 0 radical (unpaired) electrons. The third kappa shape index (κ3) is 2.39. The fourth-order valence-electron chi connectivity index (χ4n) is 3.64. The molecule has 2 atom stereocenters.